The van der Waals surface area contributed by atoms with E-state index in [0.717, 1.165) is 12.8 Å². The van der Waals surface area contributed by atoms with Crippen molar-refractivity contribution in [3.05, 3.63) is 76.9 Å². The van der Waals surface area contributed by atoms with E-state index < -0.39 is 0 Å². The SMILES string of the molecule is CC1=C(Cc2ccccc2)Cc2ccccc21. The van der Waals surface area contributed by atoms with Gasteiger partial charge in [0.1, 0.15) is 0 Å². The molecule has 0 unspecified atom stereocenters. The van der Waals surface area contributed by atoms with E-state index >= 15 is 0 Å². The highest BCUT2D eigenvalue weighted by atomic mass is 14.2. The zero-order valence-electron chi connectivity index (χ0n) is 10.1. The molecule has 84 valence electrons. The average molecular weight is 220 g/mol. The summed E-state index contributed by atoms with van der Waals surface area (Å²) in [4.78, 5) is 0. The minimum Gasteiger partial charge on any atom is -0.0622 e. The van der Waals surface area contributed by atoms with Crippen molar-refractivity contribution < 1.29 is 0 Å². The maximum atomic E-state index is 2.25. The lowest BCUT2D eigenvalue weighted by atomic mass is 10.0. The first-order valence-corrected chi connectivity index (χ1v) is 6.15. The lowest BCUT2D eigenvalue weighted by molar-refractivity contribution is 1.07. The fourth-order valence-corrected chi connectivity index (χ4v) is 2.63. The summed E-state index contributed by atoms with van der Waals surface area (Å²) < 4.78 is 0. The first-order valence-electron chi connectivity index (χ1n) is 6.15. The van der Waals surface area contributed by atoms with Gasteiger partial charge < -0.3 is 0 Å². The van der Waals surface area contributed by atoms with Crippen molar-refractivity contribution in [1.29, 1.82) is 0 Å². The summed E-state index contributed by atoms with van der Waals surface area (Å²) in [5, 5.41) is 0. The normalized spacial score (nSPS) is 13.9. The fourth-order valence-electron chi connectivity index (χ4n) is 2.63. The monoisotopic (exact) mass is 220 g/mol. The van der Waals surface area contributed by atoms with E-state index in [1.165, 1.54) is 22.3 Å². The van der Waals surface area contributed by atoms with Crippen LogP contribution in [0.5, 0.6) is 0 Å². The summed E-state index contributed by atoms with van der Waals surface area (Å²) in [6.07, 6.45) is 2.21. The van der Waals surface area contributed by atoms with Gasteiger partial charge in [0.2, 0.25) is 0 Å². The molecular formula is C17H16. The van der Waals surface area contributed by atoms with Crippen molar-refractivity contribution in [1.82, 2.24) is 0 Å². The van der Waals surface area contributed by atoms with Gasteiger partial charge >= 0.3 is 0 Å². The Balaban J connectivity index is 1.90. The number of fused-ring (bicyclic) bond motifs is 1. The molecule has 2 aromatic carbocycles. The molecule has 1 aliphatic rings. The zero-order valence-corrected chi connectivity index (χ0v) is 10.1. The minimum absolute atomic E-state index is 1.08. The maximum absolute atomic E-state index is 2.25. The molecule has 0 atom stereocenters. The molecule has 0 saturated carbocycles. The van der Waals surface area contributed by atoms with Crippen LogP contribution < -0.4 is 0 Å². The molecule has 0 radical (unpaired) electrons. The molecule has 0 aromatic heterocycles. The first kappa shape index (κ1) is 10.3. The molecule has 0 aliphatic heterocycles. The number of hydrogen-bond acceptors (Lipinski definition) is 0. The Morgan fingerprint density at radius 2 is 1.59 bits per heavy atom. The van der Waals surface area contributed by atoms with Crippen LogP contribution in [0.2, 0.25) is 0 Å². The largest absolute Gasteiger partial charge is 0.0622 e. The summed E-state index contributed by atoms with van der Waals surface area (Å²) in [6, 6.07) is 19.5. The lowest BCUT2D eigenvalue weighted by Crippen LogP contribution is -1.91. The van der Waals surface area contributed by atoms with E-state index in [-0.39, 0.29) is 0 Å². The number of benzene rings is 2. The zero-order chi connectivity index (χ0) is 11.7. The number of rotatable bonds is 2. The summed E-state index contributed by atoms with van der Waals surface area (Å²) in [5.41, 5.74) is 7.38. The van der Waals surface area contributed by atoms with E-state index in [2.05, 4.69) is 61.5 Å². The van der Waals surface area contributed by atoms with Gasteiger partial charge in [0.25, 0.3) is 0 Å². The second-order valence-electron chi connectivity index (χ2n) is 4.72. The van der Waals surface area contributed by atoms with Gasteiger partial charge in [0.05, 0.1) is 0 Å². The summed E-state index contributed by atoms with van der Waals surface area (Å²) in [5.74, 6) is 0. The van der Waals surface area contributed by atoms with Gasteiger partial charge in [-0.05, 0) is 42.0 Å². The predicted octanol–water partition coefficient (Wildman–Crippen LogP) is 4.26. The van der Waals surface area contributed by atoms with E-state index in [4.69, 9.17) is 0 Å². The van der Waals surface area contributed by atoms with Crippen molar-refractivity contribution in [2.24, 2.45) is 0 Å². The molecule has 17 heavy (non-hydrogen) atoms. The van der Waals surface area contributed by atoms with E-state index in [1.807, 2.05) is 0 Å². The molecule has 0 saturated heterocycles. The summed E-state index contributed by atoms with van der Waals surface area (Å²) >= 11 is 0. The molecule has 0 nitrogen and oxygen atoms in total. The topological polar surface area (TPSA) is 0 Å². The van der Waals surface area contributed by atoms with Crippen molar-refractivity contribution >= 4 is 5.57 Å². The Kier molecular flexibility index (Phi) is 2.56. The van der Waals surface area contributed by atoms with E-state index in [0.29, 0.717) is 0 Å². The molecule has 1 aliphatic carbocycles. The van der Waals surface area contributed by atoms with Gasteiger partial charge in [-0.15, -0.1) is 0 Å². The van der Waals surface area contributed by atoms with Crippen molar-refractivity contribution in [2.45, 2.75) is 19.8 Å². The highest BCUT2D eigenvalue weighted by Crippen LogP contribution is 2.33. The first-order chi connectivity index (χ1) is 8.34. The van der Waals surface area contributed by atoms with E-state index in [1.54, 1.807) is 5.57 Å². The van der Waals surface area contributed by atoms with Crippen LogP contribution >= 0.6 is 0 Å². The Labute approximate surface area is 103 Å². The van der Waals surface area contributed by atoms with Crippen LogP contribution in [0.3, 0.4) is 0 Å². The van der Waals surface area contributed by atoms with E-state index in [9.17, 15) is 0 Å². The molecule has 0 bridgehead atoms. The van der Waals surface area contributed by atoms with Crippen molar-refractivity contribution in [2.75, 3.05) is 0 Å². The highest BCUT2D eigenvalue weighted by Gasteiger charge is 2.17. The Bertz CT molecular complexity index is 562. The number of allylic oxidation sites excluding steroid dienone is 2. The molecular weight excluding hydrogens is 204 g/mol. The quantitative estimate of drug-likeness (QED) is 0.709. The number of hydrogen-bond donors (Lipinski definition) is 0. The van der Waals surface area contributed by atoms with Crippen LogP contribution in [-0.2, 0) is 12.8 Å². The van der Waals surface area contributed by atoms with Gasteiger partial charge in [0.15, 0.2) is 0 Å². The van der Waals surface area contributed by atoms with Crippen LogP contribution in [-0.4, -0.2) is 0 Å². The van der Waals surface area contributed by atoms with Crippen LogP contribution in [0.1, 0.15) is 23.6 Å². The standard InChI is InChI=1S/C17H16/c1-13-16(11-14-7-3-2-4-8-14)12-15-9-5-6-10-17(13)15/h2-10H,11-12H2,1H3. The Morgan fingerprint density at radius 1 is 0.882 bits per heavy atom. The van der Waals surface area contributed by atoms with Crippen molar-refractivity contribution in [3.63, 3.8) is 0 Å². The van der Waals surface area contributed by atoms with Gasteiger partial charge in [-0.25, -0.2) is 0 Å². The van der Waals surface area contributed by atoms with Crippen LogP contribution in [0.4, 0.5) is 0 Å². The average Bonchev–Trinajstić information content (AvgIpc) is 2.68. The van der Waals surface area contributed by atoms with Gasteiger partial charge in [-0.2, -0.15) is 0 Å². The smallest absolute Gasteiger partial charge is 0.00518 e. The highest BCUT2D eigenvalue weighted by molar-refractivity contribution is 5.75. The van der Waals surface area contributed by atoms with Crippen molar-refractivity contribution in [3.8, 4) is 0 Å². The molecule has 0 fully saturated rings. The predicted molar refractivity (Wildman–Crippen MR) is 72.9 cm³/mol. The molecule has 0 amide bonds. The molecule has 0 spiro atoms. The third kappa shape index (κ3) is 1.91. The lowest BCUT2D eigenvalue weighted by Gasteiger charge is -2.04. The molecule has 3 rings (SSSR count). The summed E-state index contributed by atoms with van der Waals surface area (Å²) in [6.45, 7) is 2.25. The molecule has 0 N–H and O–H groups in total. The van der Waals surface area contributed by atoms with Gasteiger partial charge in [-0.3, -0.25) is 0 Å². The van der Waals surface area contributed by atoms with Crippen LogP contribution in [0, 0.1) is 0 Å². The third-order valence-electron chi connectivity index (χ3n) is 3.62. The fraction of sp³-hybridized carbons (Fsp3) is 0.176. The van der Waals surface area contributed by atoms with Gasteiger partial charge in [-0.1, -0.05) is 60.2 Å². The minimum atomic E-state index is 1.08. The molecule has 0 heterocycles. The van der Waals surface area contributed by atoms with Crippen LogP contribution in [0.25, 0.3) is 5.57 Å². The maximum Gasteiger partial charge on any atom is -0.00518 e. The third-order valence-corrected chi connectivity index (χ3v) is 3.62. The Morgan fingerprint density at radius 3 is 2.35 bits per heavy atom. The second kappa shape index (κ2) is 4.21. The molecule has 2 aromatic rings. The second-order valence-corrected chi connectivity index (χ2v) is 4.72. The Hall–Kier alpha value is -1.82. The van der Waals surface area contributed by atoms with Gasteiger partial charge in [0, 0.05) is 0 Å². The summed E-state index contributed by atoms with van der Waals surface area (Å²) in [7, 11) is 0. The molecule has 0 heteroatoms. The van der Waals surface area contributed by atoms with Crippen LogP contribution in [0.15, 0.2) is 60.2 Å².